The van der Waals surface area contributed by atoms with E-state index in [4.69, 9.17) is 4.74 Å². The number of likely N-dealkylation sites (N-methyl/N-ethyl adjacent to an activating group) is 1. The van der Waals surface area contributed by atoms with E-state index in [1.807, 2.05) is 19.4 Å². The first kappa shape index (κ1) is 12.1. The van der Waals surface area contributed by atoms with Crippen molar-refractivity contribution in [2.45, 2.75) is 6.04 Å². The summed E-state index contributed by atoms with van der Waals surface area (Å²) in [4.78, 5) is 6.57. The summed E-state index contributed by atoms with van der Waals surface area (Å²) >= 11 is 0. The van der Waals surface area contributed by atoms with Gasteiger partial charge in [0, 0.05) is 32.8 Å². The van der Waals surface area contributed by atoms with E-state index in [0.717, 1.165) is 25.3 Å². The molecule has 1 aliphatic heterocycles. The van der Waals surface area contributed by atoms with E-state index < -0.39 is 0 Å². The van der Waals surface area contributed by atoms with Crippen LogP contribution in [0.3, 0.4) is 0 Å². The number of nitrogens with one attached hydrogen (secondary N) is 2. The molecule has 2 rings (SSSR count). The maximum Gasteiger partial charge on any atom is 0.0635 e. The molecule has 17 heavy (non-hydrogen) atoms. The highest BCUT2D eigenvalue weighted by Crippen LogP contribution is 2.22. The van der Waals surface area contributed by atoms with E-state index >= 15 is 0 Å². The lowest BCUT2D eigenvalue weighted by atomic mass is 10.1. The van der Waals surface area contributed by atoms with Crippen LogP contribution in [0.1, 0.15) is 0 Å². The summed E-state index contributed by atoms with van der Waals surface area (Å²) in [6.07, 6.45) is 3.75. The number of hydrogen-bond acceptors (Lipinski definition) is 5. The van der Waals surface area contributed by atoms with Crippen molar-refractivity contribution >= 4 is 11.4 Å². The van der Waals surface area contributed by atoms with E-state index in [1.165, 1.54) is 5.69 Å². The second-order valence-electron chi connectivity index (χ2n) is 4.24. The van der Waals surface area contributed by atoms with Crippen molar-refractivity contribution in [1.82, 2.24) is 10.3 Å². The number of rotatable bonds is 6. The maximum absolute atomic E-state index is 5.00. The average molecular weight is 236 g/mol. The van der Waals surface area contributed by atoms with Crippen LogP contribution >= 0.6 is 0 Å². The molecule has 1 fully saturated rings. The van der Waals surface area contributed by atoms with Gasteiger partial charge in [-0.05, 0) is 13.1 Å². The second-order valence-corrected chi connectivity index (χ2v) is 4.24. The third kappa shape index (κ3) is 3.08. The minimum Gasteiger partial charge on any atom is -0.383 e. The van der Waals surface area contributed by atoms with E-state index in [1.54, 1.807) is 7.11 Å². The zero-order chi connectivity index (χ0) is 12.1. The number of anilines is 2. The summed E-state index contributed by atoms with van der Waals surface area (Å²) in [6, 6.07) is 2.74. The summed E-state index contributed by atoms with van der Waals surface area (Å²) in [5.41, 5.74) is 2.23. The van der Waals surface area contributed by atoms with Gasteiger partial charge in [0.05, 0.1) is 30.4 Å². The average Bonchev–Trinajstić information content (AvgIpc) is 2.29. The normalized spacial score (nSPS) is 15.8. The van der Waals surface area contributed by atoms with Crippen LogP contribution in [0.5, 0.6) is 0 Å². The Balaban J connectivity index is 1.88. The van der Waals surface area contributed by atoms with Gasteiger partial charge in [0.25, 0.3) is 0 Å². The minimum absolute atomic E-state index is 0.611. The van der Waals surface area contributed by atoms with Gasteiger partial charge in [0.1, 0.15) is 0 Å². The molecule has 5 nitrogen and oxygen atoms in total. The maximum atomic E-state index is 5.00. The van der Waals surface area contributed by atoms with Crippen molar-refractivity contribution < 1.29 is 4.74 Å². The van der Waals surface area contributed by atoms with Gasteiger partial charge < -0.3 is 20.3 Å². The van der Waals surface area contributed by atoms with E-state index in [2.05, 4.69) is 26.6 Å². The van der Waals surface area contributed by atoms with E-state index in [0.29, 0.717) is 12.6 Å². The molecule has 1 aliphatic rings. The summed E-state index contributed by atoms with van der Waals surface area (Å²) in [6.45, 7) is 3.62. The van der Waals surface area contributed by atoms with Crippen molar-refractivity contribution in [2.24, 2.45) is 0 Å². The van der Waals surface area contributed by atoms with Crippen molar-refractivity contribution in [2.75, 3.05) is 50.6 Å². The van der Waals surface area contributed by atoms with Crippen LogP contribution in [0.25, 0.3) is 0 Å². The number of ether oxygens (including phenoxy) is 1. The summed E-state index contributed by atoms with van der Waals surface area (Å²) in [5.74, 6) is 0. The molecule has 1 aromatic rings. The van der Waals surface area contributed by atoms with Crippen LogP contribution in [0.2, 0.25) is 0 Å². The van der Waals surface area contributed by atoms with Crippen molar-refractivity contribution in [3.63, 3.8) is 0 Å². The zero-order valence-electron chi connectivity index (χ0n) is 10.4. The monoisotopic (exact) mass is 236 g/mol. The minimum atomic E-state index is 0.611. The third-order valence-corrected chi connectivity index (χ3v) is 3.01. The predicted octanol–water partition coefficient (Wildman–Crippen LogP) is 0.548. The van der Waals surface area contributed by atoms with Crippen LogP contribution in [-0.4, -0.2) is 51.4 Å². The fourth-order valence-corrected chi connectivity index (χ4v) is 1.87. The number of methoxy groups -OCH3 is 1. The predicted molar refractivity (Wildman–Crippen MR) is 69.7 cm³/mol. The summed E-state index contributed by atoms with van der Waals surface area (Å²) in [7, 11) is 3.71. The molecule has 0 atom stereocenters. The van der Waals surface area contributed by atoms with E-state index in [9.17, 15) is 0 Å². The molecule has 94 valence electrons. The molecule has 1 saturated heterocycles. The molecule has 0 aromatic carbocycles. The van der Waals surface area contributed by atoms with Crippen molar-refractivity contribution in [3.8, 4) is 0 Å². The quantitative estimate of drug-likeness (QED) is 0.706. The largest absolute Gasteiger partial charge is 0.383 e. The molecular weight excluding hydrogens is 216 g/mol. The first-order valence-corrected chi connectivity index (χ1v) is 5.93. The SMILES string of the molecule is CNC1CN(c2cncc(NCCOC)c2)C1. The highest BCUT2D eigenvalue weighted by Gasteiger charge is 2.25. The lowest BCUT2D eigenvalue weighted by molar-refractivity contribution is 0.211. The van der Waals surface area contributed by atoms with Gasteiger partial charge in [-0.2, -0.15) is 0 Å². The van der Waals surface area contributed by atoms with Crippen LogP contribution in [0.15, 0.2) is 18.5 Å². The fourth-order valence-electron chi connectivity index (χ4n) is 1.87. The van der Waals surface area contributed by atoms with Gasteiger partial charge in [-0.15, -0.1) is 0 Å². The highest BCUT2D eigenvalue weighted by atomic mass is 16.5. The summed E-state index contributed by atoms with van der Waals surface area (Å²) < 4.78 is 5.00. The Bertz CT molecular complexity index is 352. The first-order valence-electron chi connectivity index (χ1n) is 5.93. The van der Waals surface area contributed by atoms with Gasteiger partial charge in [-0.1, -0.05) is 0 Å². The topological polar surface area (TPSA) is 49.4 Å². The lowest BCUT2D eigenvalue weighted by Crippen LogP contribution is -2.57. The number of nitrogens with zero attached hydrogens (tertiary/aromatic N) is 2. The molecule has 0 radical (unpaired) electrons. The molecule has 0 amide bonds. The molecule has 1 aromatic heterocycles. The standard InChI is InChI=1S/C12H20N4O/c1-13-11-8-16(9-11)12-5-10(6-14-7-12)15-3-4-17-2/h5-7,11,13,15H,3-4,8-9H2,1-2H3. The molecule has 0 unspecified atom stereocenters. The number of pyridine rings is 1. The van der Waals surface area contributed by atoms with Crippen LogP contribution in [0.4, 0.5) is 11.4 Å². The highest BCUT2D eigenvalue weighted by molar-refractivity contribution is 5.57. The summed E-state index contributed by atoms with van der Waals surface area (Å²) in [5, 5.41) is 6.55. The third-order valence-electron chi connectivity index (χ3n) is 3.01. The zero-order valence-corrected chi connectivity index (χ0v) is 10.4. The lowest BCUT2D eigenvalue weighted by Gasteiger charge is -2.40. The number of aromatic nitrogens is 1. The van der Waals surface area contributed by atoms with E-state index in [-0.39, 0.29) is 0 Å². The molecule has 2 heterocycles. The van der Waals surface area contributed by atoms with Gasteiger partial charge in [0.2, 0.25) is 0 Å². The van der Waals surface area contributed by atoms with Crippen molar-refractivity contribution in [1.29, 1.82) is 0 Å². The molecule has 0 aliphatic carbocycles. The van der Waals surface area contributed by atoms with Crippen molar-refractivity contribution in [3.05, 3.63) is 18.5 Å². The number of hydrogen-bond donors (Lipinski definition) is 2. The van der Waals surface area contributed by atoms with Gasteiger partial charge in [0.15, 0.2) is 0 Å². The Hall–Kier alpha value is -1.33. The Labute approximate surface area is 102 Å². The molecular formula is C12H20N4O. The Kier molecular flexibility index (Phi) is 4.17. The van der Waals surface area contributed by atoms with Crippen LogP contribution in [0, 0.1) is 0 Å². The molecule has 2 N–H and O–H groups in total. The molecule has 0 bridgehead atoms. The molecule has 5 heteroatoms. The Morgan fingerprint density at radius 3 is 3.00 bits per heavy atom. The van der Waals surface area contributed by atoms with Gasteiger partial charge in [-0.3, -0.25) is 4.98 Å². The Morgan fingerprint density at radius 1 is 1.47 bits per heavy atom. The van der Waals surface area contributed by atoms with Crippen LogP contribution in [-0.2, 0) is 4.74 Å². The fraction of sp³-hybridized carbons (Fsp3) is 0.583. The smallest absolute Gasteiger partial charge is 0.0635 e. The molecule has 0 spiro atoms. The van der Waals surface area contributed by atoms with Crippen LogP contribution < -0.4 is 15.5 Å². The first-order chi connectivity index (χ1) is 8.33. The van der Waals surface area contributed by atoms with Gasteiger partial charge >= 0.3 is 0 Å². The van der Waals surface area contributed by atoms with Gasteiger partial charge in [-0.25, -0.2) is 0 Å². The molecule has 0 saturated carbocycles. The second kappa shape index (κ2) is 5.84. The Morgan fingerprint density at radius 2 is 2.29 bits per heavy atom.